The highest BCUT2D eigenvalue weighted by atomic mass is 16.2. The summed E-state index contributed by atoms with van der Waals surface area (Å²) in [5.41, 5.74) is 0. The molecule has 3 nitrogen and oxygen atoms in total. The Kier molecular flexibility index (Phi) is 2.41. The van der Waals surface area contributed by atoms with Gasteiger partial charge in [0.1, 0.15) is 0 Å². The molecule has 1 heterocycles. The smallest absolute Gasteiger partial charge is 0.252 e. The third-order valence-corrected chi connectivity index (χ3v) is 1.66. The van der Waals surface area contributed by atoms with Gasteiger partial charge in [0.15, 0.2) is 0 Å². The van der Waals surface area contributed by atoms with Gasteiger partial charge in [-0.3, -0.25) is 14.5 Å². The van der Waals surface area contributed by atoms with Gasteiger partial charge >= 0.3 is 0 Å². The zero-order valence-electron chi connectivity index (χ0n) is 6.54. The lowest BCUT2D eigenvalue weighted by Crippen LogP contribution is -2.33. The van der Waals surface area contributed by atoms with Crippen LogP contribution in [-0.4, -0.2) is 23.3 Å². The Balaban J connectivity index is 2.70. The molecule has 1 aliphatic heterocycles. The number of hydrogen-bond donors (Lipinski definition) is 0. The van der Waals surface area contributed by atoms with Crippen LogP contribution in [0.1, 0.15) is 19.8 Å². The van der Waals surface area contributed by atoms with Gasteiger partial charge in [0, 0.05) is 13.5 Å². The average molecular weight is 153 g/mol. The van der Waals surface area contributed by atoms with Crippen molar-refractivity contribution in [1.82, 2.24) is 4.90 Å². The van der Waals surface area contributed by atoms with E-state index >= 15 is 0 Å². The Morgan fingerprint density at radius 3 is 3.00 bits per heavy atom. The standard InChI is InChI=1S/C8H11NO2/c1-7(10)9-6-4-2-3-5-8(9)11/h3,5H,2,4,6H2,1H3. The molecule has 0 radical (unpaired) electrons. The van der Waals surface area contributed by atoms with E-state index in [-0.39, 0.29) is 11.8 Å². The molecule has 0 bridgehead atoms. The van der Waals surface area contributed by atoms with Crippen molar-refractivity contribution >= 4 is 11.8 Å². The predicted octanol–water partition coefficient (Wildman–Crippen LogP) is 0.712. The maximum Gasteiger partial charge on any atom is 0.252 e. The first-order valence-electron chi connectivity index (χ1n) is 3.70. The van der Waals surface area contributed by atoms with Crippen LogP contribution < -0.4 is 0 Å². The van der Waals surface area contributed by atoms with Crippen LogP contribution in [-0.2, 0) is 9.59 Å². The molecule has 0 fully saturated rings. The number of nitrogens with zero attached hydrogens (tertiary/aromatic N) is 1. The highest BCUT2D eigenvalue weighted by molar-refractivity contribution is 6.00. The molecule has 0 spiro atoms. The summed E-state index contributed by atoms with van der Waals surface area (Å²) in [6, 6.07) is 0. The monoisotopic (exact) mass is 153 g/mol. The highest BCUT2D eigenvalue weighted by Crippen LogP contribution is 2.03. The number of carbonyl (C=O) groups is 2. The van der Waals surface area contributed by atoms with Crippen molar-refractivity contribution in [3.63, 3.8) is 0 Å². The molecular formula is C8H11NO2. The second kappa shape index (κ2) is 3.32. The lowest BCUT2D eigenvalue weighted by atomic mass is 10.3. The number of carbonyl (C=O) groups excluding carboxylic acids is 2. The van der Waals surface area contributed by atoms with E-state index in [1.54, 1.807) is 0 Å². The highest BCUT2D eigenvalue weighted by Gasteiger charge is 2.15. The van der Waals surface area contributed by atoms with Crippen LogP contribution in [0.25, 0.3) is 0 Å². The maximum absolute atomic E-state index is 11.1. The minimum atomic E-state index is -0.185. The zero-order valence-corrected chi connectivity index (χ0v) is 6.54. The minimum absolute atomic E-state index is 0.165. The fraction of sp³-hybridized carbons (Fsp3) is 0.500. The molecule has 2 amide bonds. The molecule has 1 rings (SSSR count). The zero-order chi connectivity index (χ0) is 8.27. The normalized spacial score (nSPS) is 18.3. The van der Waals surface area contributed by atoms with Crippen LogP contribution in [0.2, 0.25) is 0 Å². The summed E-state index contributed by atoms with van der Waals surface area (Å²) < 4.78 is 0. The van der Waals surface area contributed by atoms with E-state index in [1.807, 2.05) is 6.08 Å². The SMILES string of the molecule is CC(=O)N1CCCC=CC1=O. The predicted molar refractivity (Wildman–Crippen MR) is 40.8 cm³/mol. The Labute approximate surface area is 65.7 Å². The first-order chi connectivity index (χ1) is 5.22. The van der Waals surface area contributed by atoms with Crippen LogP contribution in [0.15, 0.2) is 12.2 Å². The van der Waals surface area contributed by atoms with Gasteiger partial charge in [0.05, 0.1) is 0 Å². The number of imide groups is 1. The molecule has 0 unspecified atom stereocenters. The van der Waals surface area contributed by atoms with Gasteiger partial charge in [-0.1, -0.05) is 6.08 Å². The second-order valence-corrected chi connectivity index (χ2v) is 2.55. The largest absolute Gasteiger partial charge is 0.279 e. The number of hydrogen-bond acceptors (Lipinski definition) is 2. The molecule has 0 aromatic rings. The first-order valence-corrected chi connectivity index (χ1v) is 3.70. The van der Waals surface area contributed by atoms with Crippen molar-refractivity contribution in [3.8, 4) is 0 Å². The summed E-state index contributed by atoms with van der Waals surface area (Å²) in [6.07, 6.45) is 5.04. The second-order valence-electron chi connectivity index (χ2n) is 2.55. The Morgan fingerprint density at radius 1 is 1.64 bits per heavy atom. The fourth-order valence-corrected chi connectivity index (χ4v) is 1.06. The van der Waals surface area contributed by atoms with Gasteiger partial charge in [0.25, 0.3) is 5.91 Å². The quantitative estimate of drug-likeness (QED) is 0.514. The van der Waals surface area contributed by atoms with Crippen LogP contribution in [0.3, 0.4) is 0 Å². The summed E-state index contributed by atoms with van der Waals surface area (Å²) in [4.78, 5) is 23.2. The van der Waals surface area contributed by atoms with Crippen LogP contribution in [0.5, 0.6) is 0 Å². The Hall–Kier alpha value is -1.12. The van der Waals surface area contributed by atoms with E-state index in [2.05, 4.69) is 0 Å². The molecule has 1 aliphatic rings. The van der Waals surface area contributed by atoms with Crippen molar-refractivity contribution in [2.45, 2.75) is 19.8 Å². The van der Waals surface area contributed by atoms with E-state index < -0.39 is 0 Å². The number of amides is 2. The van der Waals surface area contributed by atoms with Gasteiger partial charge in [-0.15, -0.1) is 0 Å². The average Bonchev–Trinajstić information content (AvgIpc) is 2.13. The third-order valence-electron chi connectivity index (χ3n) is 1.66. The summed E-state index contributed by atoms with van der Waals surface area (Å²) in [5.74, 6) is -0.350. The van der Waals surface area contributed by atoms with Crippen LogP contribution in [0.4, 0.5) is 0 Å². The Morgan fingerprint density at radius 2 is 2.36 bits per heavy atom. The molecule has 0 N–H and O–H groups in total. The maximum atomic E-state index is 11.1. The third kappa shape index (κ3) is 1.90. The Bertz CT molecular complexity index is 208. The van der Waals surface area contributed by atoms with Gasteiger partial charge in [-0.25, -0.2) is 0 Å². The molecule has 0 aromatic carbocycles. The van der Waals surface area contributed by atoms with E-state index in [0.29, 0.717) is 6.54 Å². The number of rotatable bonds is 0. The summed E-state index contributed by atoms with van der Waals surface area (Å²) in [7, 11) is 0. The van der Waals surface area contributed by atoms with E-state index in [4.69, 9.17) is 0 Å². The van der Waals surface area contributed by atoms with Crippen LogP contribution >= 0.6 is 0 Å². The van der Waals surface area contributed by atoms with Gasteiger partial charge < -0.3 is 0 Å². The van der Waals surface area contributed by atoms with Crippen molar-refractivity contribution in [1.29, 1.82) is 0 Å². The minimum Gasteiger partial charge on any atom is -0.279 e. The summed E-state index contributed by atoms with van der Waals surface area (Å²) >= 11 is 0. The molecule has 0 atom stereocenters. The van der Waals surface area contributed by atoms with Crippen molar-refractivity contribution in [2.75, 3.05) is 6.54 Å². The summed E-state index contributed by atoms with van der Waals surface area (Å²) in [5, 5.41) is 0. The van der Waals surface area contributed by atoms with Crippen molar-refractivity contribution in [3.05, 3.63) is 12.2 Å². The molecule has 0 aliphatic carbocycles. The molecule has 0 aromatic heterocycles. The van der Waals surface area contributed by atoms with Crippen LogP contribution in [0, 0.1) is 0 Å². The molecular weight excluding hydrogens is 142 g/mol. The number of allylic oxidation sites excluding steroid dienone is 1. The topological polar surface area (TPSA) is 37.4 Å². The van der Waals surface area contributed by atoms with Gasteiger partial charge in [0.2, 0.25) is 5.91 Å². The van der Waals surface area contributed by atoms with E-state index in [0.717, 1.165) is 12.8 Å². The van der Waals surface area contributed by atoms with E-state index in [1.165, 1.54) is 17.9 Å². The van der Waals surface area contributed by atoms with Crippen molar-refractivity contribution in [2.24, 2.45) is 0 Å². The first kappa shape index (κ1) is 7.98. The lowest BCUT2D eigenvalue weighted by molar-refractivity contribution is -0.140. The molecule has 0 saturated heterocycles. The van der Waals surface area contributed by atoms with E-state index in [9.17, 15) is 9.59 Å². The molecule has 0 saturated carbocycles. The van der Waals surface area contributed by atoms with Gasteiger partial charge in [-0.2, -0.15) is 0 Å². The molecule has 60 valence electrons. The fourth-order valence-electron chi connectivity index (χ4n) is 1.06. The van der Waals surface area contributed by atoms with Gasteiger partial charge in [-0.05, 0) is 18.9 Å². The molecule has 3 heteroatoms. The lowest BCUT2D eigenvalue weighted by Gasteiger charge is -2.14. The van der Waals surface area contributed by atoms with Crippen molar-refractivity contribution < 1.29 is 9.59 Å². The summed E-state index contributed by atoms with van der Waals surface area (Å²) in [6.45, 7) is 1.97. The molecule has 11 heavy (non-hydrogen) atoms.